The molecule has 14 rings (SSSR count). The number of phenols is 30. The fourth-order valence-electron chi connectivity index (χ4n) is 11.6. The number of halogens is 16. The smallest absolute Gasteiger partial charge is 0.202 e. The second kappa shape index (κ2) is 49.1. The molecule has 0 radical (unpaired) electrons. The van der Waals surface area contributed by atoms with Gasteiger partial charge in [-0.1, -0.05) is 23.2 Å². The van der Waals surface area contributed by atoms with Crippen molar-refractivity contribution in [3.63, 3.8) is 0 Å². The van der Waals surface area contributed by atoms with Gasteiger partial charge in [-0.2, -0.15) is 0 Å². The van der Waals surface area contributed by atoms with Gasteiger partial charge in [-0.05, 0) is 369 Å². The molecule has 14 aromatic rings. The molecular weight excluding hydrogens is 2890 g/mol. The summed E-state index contributed by atoms with van der Waals surface area (Å²) in [7, 11) is 0. The summed E-state index contributed by atoms with van der Waals surface area (Å²) in [4.78, 5) is 86.7. The molecule has 0 saturated heterocycles. The van der Waals surface area contributed by atoms with Crippen LogP contribution in [0, 0.1) is 6.92 Å². The van der Waals surface area contributed by atoms with Crippen LogP contribution < -0.4 is 0 Å². The zero-order chi connectivity index (χ0) is 110. The summed E-state index contributed by atoms with van der Waals surface area (Å²) in [5, 5.41) is 285. The zero-order valence-electron chi connectivity index (χ0n) is 70.6. The summed E-state index contributed by atoms with van der Waals surface area (Å²) in [5.41, 5.74) is -0.155. The summed E-state index contributed by atoms with van der Waals surface area (Å²) in [5.74, 6) is -18.9. The molecule has 53 heteroatoms. The topological polar surface area (TPSA) is 726 Å². The largest absolute Gasteiger partial charge is 0.506 e. The van der Waals surface area contributed by atoms with Gasteiger partial charge >= 0.3 is 0 Å². The quantitative estimate of drug-likeness (QED) is 0.0355. The standard InChI is InChI=1S/C14H10Cl2O5.3C13H7Br3O5.C13H8Br2O6.C13H8Br2O5.C13H9BrO6/c1-5-12(19)10(15)9(11(16)13(5)20)14(21)6-2-3-7(17)8(18)4-6;14-6-3-9(18)8(17)2-4(6)11(19)5-1-7(15)12(20)13(21)10(5)16;14-5-2-8(18)7(17)1-4(5)12(20)10-6(15)3-9(19)13(21)11(10)16;14-6-1-4(2-7(17)12(6)20)11(19)5-3-8(18)13(21)10(16)9(5)15;14-6-3-9(17)8(16)2-4(6)10(18)5-1-7(15)12(20)13(21)11(5)19;14-7-1-5(3-9(16)12(7)19)11(18)6-2-8(15)13(20)10(17)4-6;14-7-4-6(11(18)13(20)12(7)19)10(17)5-1-2-8(15)9(16)3-5/h2-4,17-20H,1H3;1-3,17-18,20-21H;1-3,17-19,21H;1-3,17-18,20-21H;1-3,16-17,19-21H;1-4,16-17,19-20H;1-4,15-16,18-20H. The van der Waals surface area contributed by atoms with E-state index in [1.807, 2.05) is 0 Å². The van der Waals surface area contributed by atoms with E-state index in [4.69, 9.17) is 23.2 Å². The van der Waals surface area contributed by atoms with E-state index in [0.29, 0.717) is 0 Å². The Morgan fingerprint density at radius 3 is 0.807 bits per heavy atom. The highest BCUT2D eigenvalue weighted by Crippen LogP contribution is 2.52. The van der Waals surface area contributed by atoms with Crippen molar-refractivity contribution < 1.29 is 187 Å². The second-order valence-electron chi connectivity index (χ2n) is 28.6. The molecule has 14 aromatic carbocycles. The number of carbonyl (C=O) groups is 7. The lowest BCUT2D eigenvalue weighted by Crippen LogP contribution is -2.05. The highest BCUT2D eigenvalue weighted by Gasteiger charge is 2.32. The molecule has 0 atom stereocenters. The fourth-order valence-corrected chi connectivity index (χ4v) is 19.3. The monoisotopic (exact) mass is 2930 g/mol. The van der Waals surface area contributed by atoms with Crippen molar-refractivity contribution in [2.75, 3.05) is 0 Å². The summed E-state index contributed by atoms with van der Waals surface area (Å²) < 4.78 is 2.10. The summed E-state index contributed by atoms with van der Waals surface area (Å²) in [6.07, 6.45) is 0. The molecule has 0 bridgehead atoms. The van der Waals surface area contributed by atoms with Crippen LogP contribution in [-0.2, 0) is 0 Å². The van der Waals surface area contributed by atoms with Crippen molar-refractivity contribution in [3.05, 3.63) is 296 Å². The minimum absolute atomic E-state index is 0.00686. The number of aromatic hydroxyl groups is 30. The molecule has 145 heavy (non-hydrogen) atoms. The Morgan fingerprint density at radius 1 is 0.172 bits per heavy atom. The number of benzene rings is 14. The summed E-state index contributed by atoms with van der Waals surface area (Å²) >= 11 is 54.5. The molecule has 0 spiro atoms. The van der Waals surface area contributed by atoms with E-state index < -0.39 is 178 Å². The Balaban J connectivity index is 0.000000207. The summed E-state index contributed by atoms with van der Waals surface area (Å²) in [6.45, 7) is 1.39. The summed E-state index contributed by atoms with van der Waals surface area (Å²) in [6, 6.07) is 26.7. The van der Waals surface area contributed by atoms with Crippen LogP contribution in [0.15, 0.2) is 202 Å². The lowest BCUT2D eigenvalue weighted by Gasteiger charge is -2.12. The Bertz CT molecular complexity index is 7430. The van der Waals surface area contributed by atoms with E-state index in [9.17, 15) is 187 Å². The number of phenolic OH excluding ortho intramolecular Hbond substituents is 30. The first-order valence-electron chi connectivity index (χ1n) is 38.0. The van der Waals surface area contributed by atoms with Gasteiger partial charge in [-0.3, -0.25) is 33.6 Å². The molecule has 0 aliphatic rings. The molecule has 0 heterocycles. The fraction of sp³-hybridized carbons (Fsp3) is 0.0109. The normalized spacial score (nSPS) is 10.6. The van der Waals surface area contributed by atoms with Crippen molar-refractivity contribution in [1.29, 1.82) is 0 Å². The third-order valence-corrected chi connectivity index (χ3v) is 29.9. The molecule has 0 saturated carbocycles. The first kappa shape index (κ1) is 118. The minimum Gasteiger partial charge on any atom is -0.506 e. The zero-order valence-corrected chi connectivity index (χ0v) is 94.3. The molecule has 0 aromatic heterocycles. The first-order valence-corrected chi connectivity index (χ1v) is 49.8. The van der Waals surface area contributed by atoms with Crippen LogP contribution in [-0.4, -0.2) is 194 Å². The maximum Gasteiger partial charge on any atom is 0.202 e. The lowest BCUT2D eigenvalue weighted by atomic mass is 10.00. The van der Waals surface area contributed by atoms with Gasteiger partial charge in [0, 0.05) is 83.6 Å². The minimum atomic E-state index is -0.841. The van der Waals surface area contributed by atoms with Crippen molar-refractivity contribution in [2.24, 2.45) is 0 Å². The van der Waals surface area contributed by atoms with E-state index in [2.05, 4.69) is 223 Å². The van der Waals surface area contributed by atoms with E-state index in [0.717, 1.165) is 84.9 Å². The van der Waals surface area contributed by atoms with E-state index >= 15 is 0 Å². The molecule has 0 unspecified atom stereocenters. The Morgan fingerprint density at radius 2 is 0.434 bits per heavy atom. The van der Waals surface area contributed by atoms with Crippen LogP contribution in [0.5, 0.6) is 172 Å². The Hall–Kier alpha value is -11.9. The van der Waals surface area contributed by atoms with Crippen molar-refractivity contribution in [1.82, 2.24) is 0 Å². The number of hydrogen-bond donors (Lipinski definition) is 30. The van der Waals surface area contributed by atoms with E-state index in [1.165, 1.54) is 61.5 Å². The Kier molecular flexibility index (Phi) is 40.0. The molecule has 0 aliphatic heterocycles. The third-order valence-electron chi connectivity index (χ3n) is 19.2. The predicted molar refractivity (Wildman–Crippen MR) is 567 cm³/mol. The average molecular weight is 2940 g/mol. The van der Waals surface area contributed by atoms with Crippen LogP contribution in [0.2, 0.25) is 10.0 Å². The predicted octanol–water partition coefficient (Wildman–Crippen LogP) is 23.9. The molecule has 758 valence electrons. The van der Waals surface area contributed by atoms with Gasteiger partial charge in [-0.25, -0.2) is 0 Å². The molecule has 37 nitrogen and oxygen atoms in total. The highest BCUT2D eigenvalue weighted by molar-refractivity contribution is 9.13. The second-order valence-corrected chi connectivity index (χ2v) is 41.1. The van der Waals surface area contributed by atoms with Gasteiger partial charge in [0.15, 0.2) is 190 Å². The third kappa shape index (κ3) is 26.6. The van der Waals surface area contributed by atoms with Gasteiger partial charge in [0.25, 0.3) is 0 Å². The van der Waals surface area contributed by atoms with Crippen LogP contribution in [0.25, 0.3) is 0 Å². The molecular formula is C92H56Br14Cl2O37. The van der Waals surface area contributed by atoms with Crippen LogP contribution in [0.4, 0.5) is 0 Å². The van der Waals surface area contributed by atoms with Gasteiger partial charge < -0.3 is 153 Å². The molecule has 30 N–H and O–H groups in total. The maximum absolute atomic E-state index is 12.6. The van der Waals surface area contributed by atoms with Crippen LogP contribution in [0.1, 0.15) is 117 Å². The number of carbonyl (C=O) groups excluding carboxylic acids is 7. The SMILES string of the molecule is Cc1c(O)c(Cl)c(C(=O)c2ccc(O)c(O)c2)c(Cl)c1O.O=C(c1cc(O)c(O)c(Br)c1)c1cc(O)c(O)c(Br)c1.O=C(c1cc(O)c(O)c(Br)c1)c1cc(O)c(O)c(Br)c1Br.O=C(c1cc(O)c(O)cc1Br)c1c(Br)cc(O)c(O)c1Br.O=C(c1cc(O)c(O)cc1Br)c1cc(Br)c(O)c(O)c1Br.O=C(c1cc(O)c(O)cc1Br)c1cc(Br)c(O)c(O)c1O.O=C(c1ccc(O)c(O)c1)c1cc(Br)c(O)c(O)c1O. The van der Waals surface area contributed by atoms with Crippen molar-refractivity contribution in [3.8, 4) is 172 Å². The number of ketones is 7. The van der Waals surface area contributed by atoms with Crippen LogP contribution in [0.3, 0.4) is 0 Å². The van der Waals surface area contributed by atoms with Gasteiger partial charge in [0.2, 0.25) is 11.5 Å². The van der Waals surface area contributed by atoms with Crippen molar-refractivity contribution >= 4 is 287 Å². The maximum atomic E-state index is 12.6. The van der Waals surface area contributed by atoms with Gasteiger partial charge in [-0.15, -0.1) is 0 Å². The lowest BCUT2D eigenvalue weighted by molar-refractivity contribution is 0.102. The number of rotatable bonds is 14. The average Bonchev–Trinajstić information content (AvgIpc) is 0.766. The highest BCUT2D eigenvalue weighted by atomic mass is 79.9. The van der Waals surface area contributed by atoms with Gasteiger partial charge in [0.05, 0.1) is 72.6 Å². The Labute approximate surface area is 938 Å². The van der Waals surface area contributed by atoms with Gasteiger partial charge in [0.1, 0.15) is 11.5 Å². The first-order chi connectivity index (χ1) is 67.3. The van der Waals surface area contributed by atoms with E-state index in [-0.39, 0.29) is 191 Å². The van der Waals surface area contributed by atoms with E-state index in [1.54, 1.807) is 0 Å². The number of hydrogen-bond acceptors (Lipinski definition) is 37. The molecule has 0 aliphatic carbocycles. The molecule has 0 fully saturated rings. The molecule has 0 amide bonds. The van der Waals surface area contributed by atoms with Crippen LogP contribution >= 0.6 is 246 Å². The van der Waals surface area contributed by atoms with Crippen molar-refractivity contribution in [2.45, 2.75) is 6.92 Å².